The van der Waals surface area contributed by atoms with Crippen molar-refractivity contribution in [1.29, 1.82) is 0 Å². The average Bonchev–Trinajstić information content (AvgIpc) is 2.70. The van der Waals surface area contributed by atoms with E-state index in [-0.39, 0.29) is 37.7 Å². The maximum Gasteiger partial charge on any atom is 0.322 e. The van der Waals surface area contributed by atoms with Crippen molar-refractivity contribution >= 4 is 35.6 Å². The van der Waals surface area contributed by atoms with Crippen molar-refractivity contribution in [2.24, 2.45) is 33.8 Å². The molecule has 0 unspecified atom stereocenters. The predicted octanol–water partition coefficient (Wildman–Crippen LogP) is -3.15. The fourth-order valence-corrected chi connectivity index (χ4v) is 2.78. The van der Waals surface area contributed by atoms with Crippen LogP contribution in [0.4, 0.5) is 0 Å². The molecule has 3 atom stereocenters. The summed E-state index contributed by atoms with van der Waals surface area (Å²) in [6, 6.07) is -3.17. The molecule has 0 aromatic heterocycles. The number of nitrogens with zero attached hydrogens (tertiary/aromatic N) is 1. The van der Waals surface area contributed by atoms with Gasteiger partial charge < -0.3 is 44.0 Å². The maximum absolute atomic E-state index is 12.9. The summed E-state index contributed by atoms with van der Waals surface area (Å²) in [6.45, 7) is 3.31. The van der Waals surface area contributed by atoms with Crippen LogP contribution in [0.25, 0.3) is 0 Å². The zero-order valence-corrected chi connectivity index (χ0v) is 19.0. The van der Waals surface area contributed by atoms with E-state index in [1.807, 2.05) is 13.8 Å². The number of hydrogen-bond acceptors (Lipinski definition) is 7. The zero-order valence-electron chi connectivity index (χ0n) is 19.0. The van der Waals surface area contributed by atoms with E-state index < -0.39 is 54.3 Å². The van der Waals surface area contributed by atoms with Crippen LogP contribution < -0.4 is 38.9 Å². The number of rotatable bonds is 16. The molecule has 0 aliphatic rings. The van der Waals surface area contributed by atoms with Gasteiger partial charge in [0.15, 0.2) is 5.96 Å². The second-order valence-corrected chi connectivity index (χ2v) is 7.92. The predicted molar refractivity (Wildman–Crippen MR) is 120 cm³/mol. The highest BCUT2D eigenvalue weighted by Crippen LogP contribution is 2.06. The summed E-state index contributed by atoms with van der Waals surface area (Å²) >= 11 is 0. The van der Waals surface area contributed by atoms with Crippen LogP contribution >= 0.6 is 0 Å². The highest BCUT2D eigenvalue weighted by Gasteiger charge is 2.28. The van der Waals surface area contributed by atoms with E-state index in [4.69, 9.17) is 28.0 Å². The van der Waals surface area contributed by atoms with Crippen molar-refractivity contribution < 1.29 is 29.1 Å². The van der Waals surface area contributed by atoms with Crippen LogP contribution in [0, 0.1) is 5.92 Å². The number of hydrogen-bond donors (Lipinski definition) is 8. The van der Waals surface area contributed by atoms with E-state index in [1.165, 1.54) is 0 Å². The molecule has 14 nitrogen and oxygen atoms in total. The first-order valence-electron chi connectivity index (χ1n) is 10.5. The summed E-state index contributed by atoms with van der Waals surface area (Å²) in [6.07, 6.45) is 0.460. The number of carboxylic acids is 1. The normalized spacial score (nSPS) is 13.3. The number of aliphatic imine (C=N–C) groups is 1. The standard InChI is InChI=1S/C19H36N8O6/c1-10(2)8-11(20)16(31)26-12(4-3-7-24-19(22)23)18(33)27-13(5-6-14(21)28)17(32)25-9-15(29)30/h10-13H,3-9,20H2,1-2H3,(H2,21,28)(H,25,32)(H,26,31)(H,27,33)(H,29,30)(H4,22,23,24)/t11-,12-,13-/m0/s1. The Labute approximate surface area is 192 Å². The molecule has 0 radical (unpaired) electrons. The summed E-state index contributed by atoms with van der Waals surface area (Å²) in [5, 5.41) is 15.9. The Hall–Kier alpha value is -3.42. The number of nitrogens with two attached hydrogens (primary N) is 4. The Bertz CT molecular complexity index is 723. The lowest BCUT2D eigenvalue weighted by atomic mass is 10.0. The molecule has 0 rings (SSSR count). The number of carboxylic acid groups (broad SMARTS) is 1. The highest BCUT2D eigenvalue weighted by molar-refractivity contribution is 5.93. The molecule has 0 fully saturated rings. The summed E-state index contributed by atoms with van der Waals surface area (Å²) < 4.78 is 0. The average molecular weight is 473 g/mol. The first kappa shape index (κ1) is 29.6. The van der Waals surface area contributed by atoms with Gasteiger partial charge in [-0.25, -0.2) is 0 Å². The van der Waals surface area contributed by atoms with E-state index in [0.717, 1.165) is 0 Å². The van der Waals surface area contributed by atoms with Gasteiger partial charge in [-0.05, 0) is 31.6 Å². The maximum atomic E-state index is 12.9. The zero-order chi connectivity index (χ0) is 25.6. The van der Waals surface area contributed by atoms with Gasteiger partial charge in [0.05, 0.1) is 6.04 Å². The van der Waals surface area contributed by atoms with Gasteiger partial charge in [0.1, 0.15) is 18.6 Å². The summed E-state index contributed by atoms with van der Waals surface area (Å²) in [7, 11) is 0. The number of amides is 4. The van der Waals surface area contributed by atoms with E-state index in [1.54, 1.807) is 0 Å². The Morgan fingerprint density at radius 1 is 0.909 bits per heavy atom. The summed E-state index contributed by atoms with van der Waals surface area (Å²) in [5.74, 6) is -4.04. The van der Waals surface area contributed by atoms with Crippen LogP contribution in [0.5, 0.6) is 0 Å². The van der Waals surface area contributed by atoms with Crippen molar-refractivity contribution in [3.8, 4) is 0 Å². The van der Waals surface area contributed by atoms with Gasteiger partial charge in [0.25, 0.3) is 0 Å². The van der Waals surface area contributed by atoms with Crippen LogP contribution in [0.3, 0.4) is 0 Å². The van der Waals surface area contributed by atoms with Gasteiger partial charge in [0, 0.05) is 13.0 Å². The minimum Gasteiger partial charge on any atom is -0.480 e. The van der Waals surface area contributed by atoms with Crippen LogP contribution in [0.2, 0.25) is 0 Å². The number of guanidine groups is 1. The fraction of sp³-hybridized carbons (Fsp3) is 0.684. The van der Waals surface area contributed by atoms with Crippen LogP contribution in [0.15, 0.2) is 4.99 Å². The molecule has 0 aliphatic heterocycles. The molecule has 33 heavy (non-hydrogen) atoms. The lowest BCUT2D eigenvalue weighted by Crippen LogP contribution is -2.56. The molecule has 188 valence electrons. The van der Waals surface area contributed by atoms with Gasteiger partial charge in [0.2, 0.25) is 23.6 Å². The molecule has 0 spiro atoms. The Morgan fingerprint density at radius 2 is 1.48 bits per heavy atom. The van der Waals surface area contributed by atoms with Crippen molar-refractivity contribution in [3.63, 3.8) is 0 Å². The lowest BCUT2D eigenvalue weighted by molar-refractivity contribution is -0.138. The monoisotopic (exact) mass is 472 g/mol. The molecule has 0 saturated heterocycles. The number of carbonyl (C=O) groups is 5. The topological polar surface area (TPSA) is 258 Å². The third kappa shape index (κ3) is 14.3. The van der Waals surface area contributed by atoms with Crippen LogP contribution in [-0.4, -0.2) is 71.9 Å². The molecule has 12 N–H and O–H groups in total. The van der Waals surface area contributed by atoms with E-state index >= 15 is 0 Å². The molecule has 0 aromatic rings. The number of aliphatic carboxylic acids is 1. The minimum absolute atomic E-state index is 0.124. The Balaban J connectivity index is 5.41. The van der Waals surface area contributed by atoms with Gasteiger partial charge >= 0.3 is 5.97 Å². The third-order valence-electron chi connectivity index (χ3n) is 4.37. The fourth-order valence-electron chi connectivity index (χ4n) is 2.78. The van der Waals surface area contributed by atoms with Crippen molar-refractivity contribution in [3.05, 3.63) is 0 Å². The molecule has 0 bridgehead atoms. The summed E-state index contributed by atoms with van der Waals surface area (Å²) in [4.78, 5) is 63.3. The number of nitrogens with one attached hydrogen (secondary N) is 3. The van der Waals surface area contributed by atoms with E-state index in [2.05, 4.69) is 20.9 Å². The van der Waals surface area contributed by atoms with E-state index in [9.17, 15) is 24.0 Å². The van der Waals surface area contributed by atoms with Gasteiger partial charge in [-0.3, -0.25) is 29.0 Å². The van der Waals surface area contributed by atoms with Crippen LogP contribution in [0.1, 0.15) is 46.0 Å². The highest BCUT2D eigenvalue weighted by atomic mass is 16.4. The van der Waals surface area contributed by atoms with Crippen molar-refractivity contribution in [2.75, 3.05) is 13.1 Å². The molecule has 0 heterocycles. The van der Waals surface area contributed by atoms with Crippen LogP contribution in [-0.2, 0) is 24.0 Å². The molecule has 0 aromatic carbocycles. The number of carbonyl (C=O) groups excluding carboxylic acids is 4. The summed E-state index contributed by atoms with van der Waals surface area (Å²) in [5.41, 5.74) is 21.6. The molecular weight excluding hydrogens is 436 g/mol. The van der Waals surface area contributed by atoms with Gasteiger partial charge in [-0.2, -0.15) is 0 Å². The first-order valence-corrected chi connectivity index (χ1v) is 10.5. The van der Waals surface area contributed by atoms with Crippen molar-refractivity contribution in [1.82, 2.24) is 16.0 Å². The Morgan fingerprint density at radius 3 is 2.00 bits per heavy atom. The lowest BCUT2D eigenvalue weighted by Gasteiger charge is -2.24. The van der Waals surface area contributed by atoms with E-state index in [0.29, 0.717) is 12.8 Å². The smallest absolute Gasteiger partial charge is 0.322 e. The van der Waals surface area contributed by atoms with Gasteiger partial charge in [-0.15, -0.1) is 0 Å². The molecule has 4 amide bonds. The molecule has 0 aliphatic carbocycles. The van der Waals surface area contributed by atoms with Gasteiger partial charge in [-0.1, -0.05) is 13.8 Å². The quantitative estimate of drug-likeness (QED) is 0.0639. The third-order valence-corrected chi connectivity index (χ3v) is 4.37. The molecule has 0 saturated carbocycles. The second kappa shape index (κ2) is 15.4. The van der Waals surface area contributed by atoms with Crippen molar-refractivity contribution in [2.45, 2.75) is 64.1 Å². The molecule has 14 heteroatoms. The first-order chi connectivity index (χ1) is 15.3. The SMILES string of the molecule is CC(C)C[C@H](N)C(=O)N[C@@H](CCCN=C(N)N)C(=O)N[C@@H](CCC(N)=O)C(=O)NCC(=O)O. The largest absolute Gasteiger partial charge is 0.480 e. The Kier molecular flexibility index (Phi) is 13.8. The minimum atomic E-state index is -1.28. The second-order valence-electron chi connectivity index (χ2n) is 7.92. The molecular formula is C19H36N8O6. The number of primary amides is 1.